The van der Waals surface area contributed by atoms with Crippen LogP contribution in [0.5, 0.6) is 11.5 Å². The Morgan fingerprint density at radius 1 is 1.33 bits per heavy atom. The van der Waals surface area contributed by atoms with Gasteiger partial charge in [0.2, 0.25) is 0 Å². The van der Waals surface area contributed by atoms with E-state index in [1.165, 1.54) is 6.21 Å². The van der Waals surface area contributed by atoms with Crippen molar-refractivity contribution >= 4 is 39.7 Å². The van der Waals surface area contributed by atoms with Crippen molar-refractivity contribution in [3.63, 3.8) is 0 Å². The Kier molecular flexibility index (Phi) is 7.08. The van der Waals surface area contributed by atoms with E-state index in [1.54, 1.807) is 13.2 Å². The third-order valence-electron chi connectivity index (χ3n) is 3.00. The molecule has 0 spiro atoms. The highest BCUT2D eigenvalue weighted by molar-refractivity contribution is 9.10. The van der Waals surface area contributed by atoms with Crippen LogP contribution in [0.4, 0.5) is 0 Å². The van der Waals surface area contributed by atoms with Crippen LogP contribution in [0, 0.1) is 0 Å². The first-order valence-corrected chi connectivity index (χ1v) is 8.39. The summed E-state index contributed by atoms with van der Waals surface area (Å²) in [6.07, 6.45) is 1.50. The van der Waals surface area contributed by atoms with Crippen molar-refractivity contribution in [2.45, 2.75) is 6.61 Å². The van der Waals surface area contributed by atoms with E-state index in [0.717, 1.165) is 15.6 Å². The second-order valence-electron chi connectivity index (χ2n) is 4.74. The number of carbonyl (C=O) groups is 1. The van der Waals surface area contributed by atoms with Gasteiger partial charge in [-0.1, -0.05) is 30.3 Å². The molecule has 0 aliphatic rings. The lowest BCUT2D eigenvalue weighted by Crippen LogP contribution is -2.18. The fraction of sp³-hybridized carbons (Fsp3) is 0.176. The van der Waals surface area contributed by atoms with Crippen LogP contribution in [0.3, 0.4) is 0 Å². The van der Waals surface area contributed by atoms with Gasteiger partial charge in [0.15, 0.2) is 11.5 Å². The van der Waals surface area contributed by atoms with Crippen LogP contribution in [0.1, 0.15) is 11.1 Å². The number of hydrazone groups is 1. The standard InChI is InChI=1S/C17H16BrClN2O3/c1-23-15-8-13(10-20-21-16(22)9-19)7-14(18)17(15)24-11-12-5-3-2-4-6-12/h2-8,10H,9,11H2,1H3,(H,21,22)/b20-10-. The average Bonchev–Trinajstić information content (AvgIpc) is 2.61. The third kappa shape index (κ3) is 5.25. The smallest absolute Gasteiger partial charge is 0.254 e. The maximum Gasteiger partial charge on any atom is 0.254 e. The lowest BCUT2D eigenvalue weighted by molar-refractivity contribution is -0.118. The van der Waals surface area contributed by atoms with Gasteiger partial charge in [-0.25, -0.2) is 5.43 Å². The predicted octanol–water partition coefficient (Wildman–Crippen LogP) is 3.73. The van der Waals surface area contributed by atoms with E-state index < -0.39 is 0 Å². The van der Waals surface area contributed by atoms with E-state index in [9.17, 15) is 4.79 Å². The molecule has 0 aromatic heterocycles. The van der Waals surface area contributed by atoms with Gasteiger partial charge in [-0.2, -0.15) is 5.10 Å². The Labute approximate surface area is 153 Å². The van der Waals surface area contributed by atoms with Crippen LogP contribution >= 0.6 is 27.5 Å². The minimum absolute atomic E-state index is 0.142. The maximum absolute atomic E-state index is 11.1. The summed E-state index contributed by atoms with van der Waals surface area (Å²) in [5.74, 6) is 0.645. The lowest BCUT2D eigenvalue weighted by atomic mass is 10.2. The van der Waals surface area contributed by atoms with Gasteiger partial charge in [0.1, 0.15) is 12.5 Å². The van der Waals surface area contributed by atoms with Gasteiger partial charge in [-0.3, -0.25) is 4.79 Å². The third-order valence-corrected chi connectivity index (χ3v) is 3.83. The number of rotatable bonds is 7. The van der Waals surface area contributed by atoms with Crippen LogP contribution in [0.25, 0.3) is 0 Å². The van der Waals surface area contributed by atoms with Crippen LogP contribution in [0.2, 0.25) is 0 Å². The van der Waals surface area contributed by atoms with Gasteiger partial charge in [-0.05, 0) is 39.2 Å². The van der Waals surface area contributed by atoms with E-state index in [2.05, 4.69) is 26.5 Å². The number of carbonyl (C=O) groups excluding carboxylic acids is 1. The van der Waals surface area contributed by atoms with E-state index in [-0.39, 0.29) is 11.8 Å². The van der Waals surface area contributed by atoms with Gasteiger partial charge in [0.25, 0.3) is 5.91 Å². The molecule has 1 N–H and O–H groups in total. The largest absolute Gasteiger partial charge is 0.493 e. The molecule has 0 saturated carbocycles. The Bertz CT molecular complexity index is 723. The Morgan fingerprint density at radius 3 is 2.75 bits per heavy atom. The molecule has 0 radical (unpaired) electrons. The summed E-state index contributed by atoms with van der Waals surface area (Å²) in [5.41, 5.74) is 4.10. The van der Waals surface area contributed by atoms with Crippen molar-refractivity contribution in [3.05, 3.63) is 58.1 Å². The summed E-state index contributed by atoms with van der Waals surface area (Å²) < 4.78 is 12.0. The SMILES string of the molecule is COc1cc(/C=N\NC(=O)CCl)cc(Br)c1OCc1ccccc1. The van der Waals surface area contributed by atoms with E-state index >= 15 is 0 Å². The van der Waals surface area contributed by atoms with Crippen molar-refractivity contribution in [2.75, 3.05) is 13.0 Å². The molecule has 1 amide bonds. The Morgan fingerprint density at radius 2 is 2.08 bits per heavy atom. The molecule has 0 heterocycles. The van der Waals surface area contributed by atoms with Crippen molar-refractivity contribution in [3.8, 4) is 11.5 Å². The molecule has 24 heavy (non-hydrogen) atoms. The molecule has 0 bridgehead atoms. The molecule has 2 aromatic carbocycles. The molecule has 0 saturated heterocycles. The topological polar surface area (TPSA) is 59.9 Å². The highest BCUT2D eigenvalue weighted by Gasteiger charge is 2.11. The van der Waals surface area contributed by atoms with Gasteiger partial charge >= 0.3 is 0 Å². The molecule has 0 aliphatic carbocycles. The summed E-state index contributed by atoms with van der Waals surface area (Å²) >= 11 is 8.85. The number of benzene rings is 2. The molecule has 2 rings (SSSR count). The predicted molar refractivity (Wildman–Crippen MR) is 97.9 cm³/mol. The fourth-order valence-corrected chi connectivity index (χ4v) is 2.53. The normalized spacial score (nSPS) is 10.6. The molecule has 2 aromatic rings. The first kappa shape index (κ1) is 18.3. The van der Waals surface area contributed by atoms with Crippen LogP contribution < -0.4 is 14.9 Å². The summed E-state index contributed by atoms with van der Waals surface area (Å²) in [5, 5.41) is 3.83. The minimum atomic E-state index is -0.373. The molecular weight excluding hydrogens is 396 g/mol. The zero-order valence-electron chi connectivity index (χ0n) is 13.0. The van der Waals surface area contributed by atoms with Gasteiger partial charge < -0.3 is 9.47 Å². The summed E-state index contributed by atoms with van der Waals surface area (Å²) in [6.45, 7) is 0.426. The van der Waals surface area contributed by atoms with E-state index in [4.69, 9.17) is 21.1 Å². The van der Waals surface area contributed by atoms with Crippen molar-refractivity contribution < 1.29 is 14.3 Å². The average molecular weight is 412 g/mol. The molecule has 5 nitrogen and oxygen atoms in total. The van der Waals surface area contributed by atoms with Gasteiger partial charge in [0, 0.05) is 0 Å². The second-order valence-corrected chi connectivity index (χ2v) is 5.86. The second kappa shape index (κ2) is 9.30. The lowest BCUT2D eigenvalue weighted by Gasteiger charge is -2.13. The molecule has 7 heteroatoms. The minimum Gasteiger partial charge on any atom is -0.493 e. The number of alkyl halides is 1. The molecule has 0 fully saturated rings. The molecule has 0 aliphatic heterocycles. The van der Waals surface area contributed by atoms with Crippen LogP contribution in [0.15, 0.2) is 52.0 Å². The molecule has 0 atom stereocenters. The maximum atomic E-state index is 11.1. The number of nitrogens with zero attached hydrogens (tertiary/aromatic N) is 1. The number of hydrogen-bond acceptors (Lipinski definition) is 4. The number of halogens is 2. The van der Waals surface area contributed by atoms with Crippen LogP contribution in [-0.2, 0) is 11.4 Å². The van der Waals surface area contributed by atoms with Crippen molar-refractivity contribution in [1.29, 1.82) is 0 Å². The molecule has 0 unspecified atom stereocenters. The Balaban J connectivity index is 2.13. The number of nitrogens with one attached hydrogen (secondary N) is 1. The number of ether oxygens (including phenoxy) is 2. The Hall–Kier alpha value is -2.05. The van der Waals surface area contributed by atoms with Crippen molar-refractivity contribution in [1.82, 2.24) is 5.43 Å². The highest BCUT2D eigenvalue weighted by atomic mass is 79.9. The van der Waals surface area contributed by atoms with Crippen molar-refractivity contribution in [2.24, 2.45) is 5.10 Å². The van der Waals surface area contributed by atoms with E-state index in [0.29, 0.717) is 18.1 Å². The van der Waals surface area contributed by atoms with Crippen LogP contribution in [-0.4, -0.2) is 25.1 Å². The van der Waals surface area contributed by atoms with E-state index in [1.807, 2.05) is 36.4 Å². The molecular formula is C17H16BrClN2O3. The summed E-state index contributed by atoms with van der Waals surface area (Å²) in [7, 11) is 1.56. The zero-order chi connectivity index (χ0) is 17.4. The van der Waals surface area contributed by atoms with Gasteiger partial charge in [-0.15, -0.1) is 11.6 Å². The summed E-state index contributed by atoms with van der Waals surface area (Å²) in [6, 6.07) is 13.4. The monoisotopic (exact) mass is 410 g/mol. The van der Waals surface area contributed by atoms with Gasteiger partial charge in [0.05, 0.1) is 17.8 Å². The number of hydrogen-bond donors (Lipinski definition) is 1. The zero-order valence-corrected chi connectivity index (χ0v) is 15.3. The molecule has 126 valence electrons. The first-order chi connectivity index (χ1) is 11.6. The highest BCUT2D eigenvalue weighted by Crippen LogP contribution is 2.36. The number of methoxy groups -OCH3 is 1. The first-order valence-electron chi connectivity index (χ1n) is 7.06. The fourth-order valence-electron chi connectivity index (χ4n) is 1.89. The summed E-state index contributed by atoms with van der Waals surface area (Å²) in [4.78, 5) is 11.1. The quantitative estimate of drug-likeness (QED) is 0.429. The number of amides is 1.